The van der Waals surface area contributed by atoms with Gasteiger partial charge in [0.05, 0.1) is 0 Å². The number of fused-ring (bicyclic) bond motifs is 1. The van der Waals surface area contributed by atoms with E-state index in [2.05, 4.69) is 6.07 Å². The van der Waals surface area contributed by atoms with Crippen LogP contribution in [0.4, 0.5) is 0 Å². The van der Waals surface area contributed by atoms with Crippen LogP contribution in [0.15, 0.2) is 66.7 Å². The van der Waals surface area contributed by atoms with Crippen molar-refractivity contribution in [3.63, 3.8) is 0 Å². The zero-order valence-corrected chi connectivity index (χ0v) is 12.2. The standard InChI is InChI=1S/C17H13O3P/c18-21(19)17-7-3-4-13(10-17)12-20-16-9-8-14-5-1-2-6-15(14)11-16/h1-11H,12H2/p+1. The van der Waals surface area contributed by atoms with E-state index in [0.29, 0.717) is 11.9 Å². The van der Waals surface area contributed by atoms with Crippen molar-refractivity contribution in [2.24, 2.45) is 0 Å². The highest BCUT2D eigenvalue weighted by atomic mass is 31.1. The van der Waals surface area contributed by atoms with Crippen molar-refractivity contribution >= 4 is 24.1 Å². The van der Waals surface area contributed by atoms with Gasteiger partial charge < -0.3 is 4.74 Å². The first-order chi connectivity index (χ1) is 10.2. The second kappa shape index (κ2) is 6.04. The lowest BCUT2D eigenvalue weighted by atomic mass is 10.1. The van der Waals surface area contributed by atoms with Crippen molar-refractivity contribution in [1.82, 2.24) is 0 Å². The summed E-state index contributed by atoms with van der Waals surface area (Å²) in [5, 5.41) is 2.72. The summed E-state index contributed by atoms with van der Waals surface area (Å²) in [6, 6.07) is 21.0. The smallest absolute Gasteiger partial charge is 0.489 e. The molecule has 0 amide bonds. The molecule has 0 spiro atoms. The van der Waals surface area contributed by atoms with Gasteiger partial charge >= 0.3 is 8.03 Å². The highest BCUT2D eigenvalue weighted by molar-refractivity contribution is 7.47. The quantitative estimate of drug-likeness (QED) is 0.745. The van der Waals surface area contributed by atoms with Crippen LogP contribution >= 0.6 is 8.03 Å². The molecule has 3 aromatic carbocycles. The molecule has 0 aliphatic carbocycles. The van der Waals surface area contributed by atoms with Crippen molar-refractivity contribution < 1.29 is 14.2 Å². The maximum Gasteiger partial charge on any atom is 0.546 e. The van der Waals surface area contributed by atoms with Gasteiger partial charge in [-0.2, -0.15) is 4.89 Å². The molecule has 21 heavy (non-hydrogen) atoms. The normalized spacial score (nSPS) is 11.4. The average Bonchev–Trinajstić information content (AvgIpc) is 2.53. The maximum absolute atomic E-state index is 11.1. The van der Waals surface area contributed by atoms with Crippen LogP contribution in [-0.2, 0) is 11.2 Å². The van der Waals surface area contributed by atoms with Gasteiger partial charge in [-0.1, -0.05) is 42.5 Å². The Hall–Kier alpha value is -2.22. The van der Waals surface area contributed by atoms with Gasteiger partial charge in [-0.05, 0) is 39.1 Å². The summed E-state index contributed by atoms with van der Waals surface area (Å²) in [5.74, 6) is 0.785. The van der Waals surface area contributed by atoms with E-state index in [-0.39, 0.29) is 0 Å². The Morgan fingerprint density at radius 3 is 2.52 bits per heavy atom. The highest BCUT2D eigenvalue weighted by Crippen LogP contribution is 2.21. The van der Waals surface area contributed by atoms with Crippen LogP contribution in [0, 0.1) is 0 Å². The molecule has 4 heteroatoms. The molecule has 0 aliphatic rings. The topological polar surface area (TPSA) is 46.5 Å². The van der Waals surface area contributed by atoms with E-state index >= 15 is 0 Å². The molecule has 0 heterocycles. The van der Waals surface area contributed by atoms with Gasteiger partial charge in [0.15, 0.2) is 0 Å². The van der Waals surface area contributed by atoms with Gasteiger partial charge in [-0.25, -0.2) is 0 Å². The maximum atomic E-state index is 11.1. The van der Waals surface area contributed by atoms with Gasteiger partial charge in [-0.3, -0.25) is 0 Å². The SMILES string of the molecule is O=[P+](O)c1cccc(COc2ccc3ccccc3c2)c1. The molecule has 0 saturated carbocycles. The van der Waals surface area contributed by atoms with Crippen LogP contribution in [0.1, 0.15) is 5.56 Å². The Morgan fingerprint density at radius 2 is 1.71 bits per heavy atom. The molecule has 0 fully saturated rings. The number of rotatable bonds is 4. The predicted octanol–water partition coefficient (Wildman–Crippen LogP) is 3.78. The molecule has 0 saturated heterocycles. The van der Waals surface area contributed by atoms with Gasteiger partial charge in [0.25, 0.3) is 0 Å². The summed E-state index contributed by atoms with van der Waals surface area (Å²) in [4.78, 5) is 9.12. The van der Waals surface area contributed by atoms with E-state index in [1.54, 1.807) is 18.2 Å². The molecular formula is C17H14O3P+. The summed E-state index contributed by atoms with van der Waals surface area (Å²) in [7, 11) is -2.31. The van der Waals surface area contributed by atoms with Crippen LogP contribution in [-0.4, -0.2) is 4.89 Å². The number of hydrogen-bond acceptors (Lipinski definition) is 2. The van der Waals surface area contributed by atoms with Gasteiger partial charge in [0.1, 0.15) is 12.4 Å². The van der Waals surface area contributed by atoms with Crippen molar-refractivity contribution in [2.75, 3.05) is 0 Å². The second-order valence-corrected chi connectivity index (χ2v) is 5.80. The largest absolute Gasteiger partial charge is 0.546 e. The Balaban J connectivity index is 1.77. The third-order valence-electron chi connectivity index (χ3n) is 3.26. The minimum absolute atomic E-state index is 0.370. The lowest BCUT2D eigenvalue weighted by molar-refractivity contribution is 0.307. The summed E-state index contributed by atoms with van der Waals surface area (Å²) in [6.45, 7) is 0.370. The fourth-order valence-corrected chi connectivity index (χ4v) is 2.68. The lowest BCUT2D eigenvalue weighted by Gasteiger charge is -2.07. The third-order valence-corrected chi connectivity index (χ3v) is 3.98. The van der Waals surface area contributed by atoms with Crippen molar-refractivity contribution in [2.45, 2.75) is 6.61 Å². The third kappa shape index (κ3) is 3.27. The van der Waals surface area contributed by atoms with Crippen molar-refractivity contribution in [3.8, 4) is 5.75 Å². The fourth-order valence-electron chi connectivity index (χ4n) is 2.19. The average molecular weight is 297 g/mol. The molecule has 0 aromatic heterocycles. The van der Waals surface area contributed by atoms with E-state index in [0.717, 1.165) is 16.7 Å². The molecular weight excluding hydrogens is 283 g/mol. The van der Waals surface area contributed by atoms with Crippen LogP contribution < -0.4 is 10.0 Å². The predicted molar refractivity (Wildman–Crippen MR) is 84.2 cm³/mol. The van der Waals surface area contributed by atoms with Gasteiger partial charge in [0, 0.05) is 6.07 Å². The van der Waals surface area contributed by atoms with Crippen LogP contribution in [0.25, 0.3) is 10.8 Å². The van der Waals surface area contributed by atoms with Crippen LogP contribution in [0.2, 0.25) is 0 Å². The zero-order valence-electron chi connectivity index (χ0n) is 11.3. The summed E-state index contributed by atoms with van der Waals surface area (Å²) >= 11 is 0. The van der Waals surface area contributed by atoms with Crippen LogP contribution in [0.3, 0.4) is 0 Å². The first-order valence-electron chi connectivity index (χ1n) is 6.59. The van der Waals surface area contributed by atoms with E-state index in [1.807, 2.05) is 42.5 Å². The first kappa shape index (κ1) is 13.7. The molecule has 0 bridgehead atoms. The molecule has 104 valence electrons. The highest BCUT2D eigenvalue weighted by Gasteiger charge is 2.15. The molecule has 1 atom stereocenters. The molecule has 3 aromatic rings. The van der Waals surface area contributed by atoms with E-state index in [9.17, 15) is 4.57 Å². The summed E-state index contributed by atoms with van der Waals surface area (Å²) < 4.78 is 16.8. The Kier molecular flexibility index (Phi) is 3.96. The molecule has 1 unspecified atom stereocenters. The van der Waals surface area contributed by atoms with Crippen LogP contribution in [0.5, 0.6) is 5.75 Å². The van der Waals surface area contributed by atoms with E-state index in [4.69, 9.17) is 9.63 Å². The number of hydrogen-bond donors (Lipinski definition) is 1. The lowest BCUT2D eigenvalue weighted by Crippen LogP contribution is -2.01. The summed E-state index contributed by atoms with van der Waals surface area (Å²) in [6.07, 6.45) is 0. The minimum Gasteiger partial charge on any atom is -0.489 e. The van der Waals surface area contributed by atoms with E-state index in [1.165, 1.54) is 5.39 Å². The molecule has 0 aliphatic heterocycles. The number of benzene rings is 3. The van der Waals surface area contributed by atoms with E-state index < -0.39 is 8.03 Å². The second-order valence-electron chi connectivity index (χ2n) is 4.74. The molecule has 3 nitrogen and oxygen atoms in total. The summed E-state index contributed by atoms with van der Waals surface area (Å²) in [5.41, 5.74) is 0.873. The fraction of sp³-hybridized carbons (Fsp3) is 0.0588. The van der Waals surface area contributed by atoms with Crippen molar-refractivity contribution in [3.05, 3.63) is 72.3 Å². The molecule has 3 rings (SSSR count). The first-order valence-corrected chi connectivity index (χ1v) is 7.80. The Morgan fingerprint density at radius 1 is 0.905 bits per heavy atom. The minimum atomic E-state index is -2.31. The van der Waals surface area contributed by atoms with Gasteiger partial charge in [-0.15, -0.1) is 0 Å². The zero-order chi connectivity index (χ0) is 14.7. The van der Waals surface area contributed by atoms with Gasteiger partial charge in [0.2, 0.25) is 5.30 Å². The van der Waals surface area contributed by atoms with Crippen molar-refractivity contribution in [1.29, 1.82) is 0 Å². The monoisotopic (exact) mass is 297 g/mol. The molecule has 0 radical (unpaired) electrons. The Bertz CT molecular complexity index is 799. The molecule has 1 N–H and O–H groups in total. The Labute approximate surface area is 123 Å². The number of ether oxygens (including phenoxy) is 1.